The number of aromatic nitrogens is 4. The Morgan fingerprint density at radius 1 is 1.44 bits per heavy atom. The Balaban J connectivity index is 2.16. The number of carbonyl (C=O) groups excluding carboxylic acids is 1. The molecule has 18 heavy (non-hydrogen) atoms. The lowest BCUT2D eigenvalue weighted by molar-refractivity contribution is 0.102. The maximum Gasteiger partial charge on any atom is 0.270 e. The fourth-order valence-electron chi connectivity index (χ4n) is 1.27. The number of halogens is 2. The van der Waals surface area contributed by atoms with E-state index in [2.05, 4.69) is 20.7 Å². The summed E-state index contributed by atoms with van der Waals surface area (Å²) < 4.78 is 0. The minimum Gasteiger partial charge on any atom is -0.288 e. The van der Waals surface area contributed by atoms with Crippen molar-refractivity contribution in [2.75, 3.05) is 5.32 Å². The third kappa shape index (κ3) is 2.77. The minimum atomic E-state index is -0.410. The molecule has 0 unspecified atom stereocenters. The van der Waals surface area contributed by atoms with E-state index < -0.39 is 5.91 Å². The minimum absolute atomic E-state index is 0.132. The summed E-state index contributed by atoms with van der Waals surface area (Å²) in [5.74, 6) is -0.278. The number of nitrogens with one attached hydrogen (secondary N) is 1. The van der Waals surface area contributed by atoms with Gasteiger partial charge in [-0.25, -0.2) is 0 Å². The van der Waals surface area contributed by atoms with Crippen LogP contribution in [0.2, 0.25) is 10.0 Å². The number of benzene rings is 1. The first-order valence-electron chi connectivity index (χ1n) is 5.14. The second kappa shape index (κ2) is 5.32. The number of anilines is 1. The van der Waals surface area contributed by atoms with E-state index in [1.54, 1.807) is 6.07 Å². The van der Waals surface area contributed by atoms with Gasteiger partial charge in [-0.15, -0.1) is 5.10 Å². The van der Waals surface area contributed by atoms with Gasteiger partial charge in [0.1, 0.15) is 0 Å². The average Bonchev–Trinajstić information content (AvgIpc) is 2.76. The van der Waals surface area contributed by atoms with Gasteiger partial charge in [0, 0.05) is 5.02 Å². The first-order chi connectivity index (χ1) is 8.60. The summed E-state index contributed by atoms with van der Waals surface area (Å²) in [6.07, 6.45) is 0. The summed E-state index contributed by atoms with van der Waals surface area (Å²) in [5, 5.41) is 14.6. The van der Waals surface area contributed by atoms with Crippen molar-refractivity contribution >= 4 is 35.1 Å². The number of amides is 1. The molecule has 1 amide bonds. The van der Waals surface area contributed by atoms with Crippen LogP contribution in [0.4, 0.5) is 5.95 Å². The van der Waals surface area contributed by atoms with Crippen molar-refractivity contribution in [3.05, 3.63) is 33.8 Å². The topological polar surface area (TPSA) is 72.7 Å². The van der Waals surface area contributed by atoms with Gasteiger partial charge in [0.15, 0.2) is 0 Å². The zero-order valence-corrected chi connectivity index (χ0v) is 10.9. The molecule has 8 heteroatoms. The Morgan fingerprint density at radius 3 is 2.83 bits per heavy atom. The van der Waals surface area contributed by atoms with Crippen molar-refractivity contribution in [2.45, 2.75) is 13.5 Å². The number of hydrogen-bond acceptors (Lipinski definition) is 4. The highest BCUT2D eigenvalue weighted by molar-refractivity contribution is 6.37. The highest BCUT2D eigenvalue weighted by atomic mass is 35.5. The highest BCUT2D eigenvalue weighted by Gasteiger charge is 2.13. The maximum absolute atomic E-state index is 11.9. The fourth-order valence-corrected chi connectivity index (χ4v) is 1.76. The summed E-state index contributed by atoms with van der Waals surface area (Å²) in [6.45, 7) is 2.44. The first kappa shape index (κ1) is 12.8. The smallest absolute Gasteiger partial charge is 0.270 e. The maximum atomic E-state index is 11.9. The summed E-state index contributed by atoms with van der Waals surface area (Å²) >= 11 is 11.7. The normalized spacial score (nSPS) is 10.4. The van der Waals surface area contributed by atoms with Gasteiger partial charge in [-0.2, -0.15) is 4.80 Å². The van der Waals surface area contributed by atoms with Crippen molar-refractivity contribution in [2.24, 2.45) is 0 Å². The molecule has 0 aliphatic heterocycles. The number of hydrogen-bond donors (Lipinski definition) is 1. The van der Waals surface area contributed by atoms with Crippen LogP contribution in [0.15, 0.2) is 18.2 Å². The van der Waals surface area contributed by atoms with Crippen LogP contribution in [0, 0.1) is 0 Å². The summed E-state index contributed by atoms with van der Waals surface area (Å²) in [4.78, 5) is 13.2. The number of nitrogens with zero attached hydrogens (tertiary/aromatic N) is 4. The molecule has 0 aliphatic carbocycles. The lowest BCUT2D eigenvalue weighted by atomic mass is 10.2. The number of tetrazole rings is 1. The van der Waals surface area contributed by atoms with Crippen molar-refractivity contribution in [1.82, 2.24) is 20.2 Å². The van der Waals surface area contributed by atoms with Crippen LogP contribution in [0.5, 0.6) is 0 Å². The monoisotopic (exact) mass is 285 g/mol. The average molecular weight is 286 g/mol. The molecule has 94 valence electrons. The summed E-state index contributed by atoms with van der Waals surface area (Å²) in [7, 11) is 0. The Kier molecular flexibility index (Phi) is 3.78. The van der Waals surface area contributed by atoms with Gasteiger partial charge in [0.2, 0.25) is 0 Å². The second-order valence-corrected chi connectivity index (χ2v) is 4.22. The summed E-state index contributed by atoms with van der Waals surface area (Å²) in [5.41, 5.74) is 0.300. The van der Waals surface area contributed by atoms with E-state index in [0.717, 1.165) is 0 Å². The molecule has 1 aromatic carbocycles. The third-order valence-electron chi connectivity index (χ3n) is 2.14. The predicted octanol–water partition coefficient (Wildman–Crippen LogP) is 2.25. The third-order valence-corrected chi connectivity index (χ3v) is 2.68. The van der Waals surface area contributed by atoms with Crippen LogP contribution in [-0.4, -0.2) is 26.1 Å². The van der Waals surface area contributed by atoms with Crippen LogP contribution in [0.25, 0.3) is 0 Å². The van der Waals surface area contributed by atoms with E-state index in [1.165, 1.54) is 16.9 Å². The molecule has 2 rings (SSSR count). The van der Waals surface area contributed by atoms with E-state index in [4.69, 9.17) is 23.2 Å². The molecule has 1 N–H and O–H groups in total. The van der Waals surface area contributed by atoms with Crippen molar-refractivity contribution in [1.29, 1.82) is 0 Å². The lowest BCUT2D eigenvalue weighted by Crippen LogP contribution is -2.13. The molecule has 0 saturated heterocycles. The fraction of sp³-hybridized carbons (Fsp3) is 0.200. The zero-order chi connectivity index (χ0) is 13.1. The molecular weight excluding hydrogens is 277 g/mol. The molecule has 6 nitrogen and oxygen atoms in total. The van der Waals surface area contributed by atoms with Gasteiger partial charge in [0.25, 0.3) is 11.9 Å². The second-order valence-electron chi connectivity index (χ2n) is 3.38. The molecule has 0 bridgehead atoms. The number of carbonyl (C=O) groups is 1. The molecule has 0 spiro atoms. The molecule has 2 aromatic rings. The molecule has 0 radical (unpaired) electrons. The van der Waals surface area contributed by atoms with Gasteiger partial charge in [0.05, 0.1) is 17.1 Å². The molecule has 0 fully saturated rings. The van der Waals surface area contributed by atoms with Gasteiger partial charge in [-0.3, -0.25) is 10.1 Å². The first-order valence-corrected chi connectivity index (χ1v) is 5.90. The van der Waals surface area contributed by atoms with Gasteiger partial charge in [-0.1, -0.05) is 28.3 Å². The Bertz CT molecular complexity index is 583. The van der Waals surface area contributed by atoms with E-state index >= 15 is 0 Å². The zero-order valence-electron chi connectivity index (χ0n) is 9.39. The van der Waals surface area contributed by atoms with Crippen molar-refractivity contribution in [3.8, 4) is 0 Å². The molecule has 0 atom stereocenters. The predicted molar refractivity (Wildman–Crippen MR) is 67.9 cm³/mol. The van der Waals surface area contributed by atoms with Gasteiger partial charge >= 0.3 is 0 Å². The highest BCUT2D eigenvalue weighted by Crippen LogP contribution is 2.21. The Hall–Kier alpha value is -1.66. The van der Waals surface area contributed by atoms with Crippen molar-refractivity contribution in [3.63, 3.8) is 0 Å². The van der Waals surface area contributed by atoms with Crippen LogP contribution >= 0.6 is 23.2 Å². The molecule has 1 heterocycles. The van der Waals surface area contributed by atoms with Crippen LogP contribution in [0.1, 0.15) is 17.3 Å². The Labute approximate surface area is 113 Å². The van der Waals surface area contributed by atoms with Crippen LogP contribution in [-0.2, 0) is 6.54 Å². The lowest BCUT2D eigenvalue weighted by Gasteiger charge is -2.03. The van der Waals surface area contributed by atoms with Crippen molar-refractivity contribution < 1.29 is 4.79 Å². The van der Waals surface area contributed by atoms with E-state index in [9.17, 15) is 4.79 Å². The van der Waals surface area contributed by atoms with E-state index in [-0.39, 0.29) is 11.0 Å². The van der Waals surface area contributed by atoms with Crippen LogP contribution in [0.3, 0.4) is 0 Å². The Morgan fingerprint density at radius 2 is 2.22 bits per heavy atom. The quantitative estimate of drug-likeness (QED) is 0.939. The SMILES string of the molecule is CCn1nnc(NC(=O)c2ccc(Cl)cc2Cl)n1. The van der Waals surface area contributed by atoms with Gasteiger partial charge < -0.3 is 0 Å². The van der Waals surface area contributed by atoms with Gasteiger partial charge in [-0.05, 0) is 30.3 Å². The number of rotatable bonds is 3. The number of aryl methyl sites for hydroxylation is 1. The largest absolute Gasteiger partial charge is 0.288 e. The molecular formula is C10H9Cl2N5O. The van der Waals surface area contributed by atoms with Crippen LogP contribution < -0.4 is 5.32 Å². The molecule has 0 aliphatic rings. The molecule has 1 aromatic heterocycles. The molecule has 0 saturated carbocycles. The summed E-state index contributed by atoms with van der Waals surface area (Å²) in [6, 6.07) is 4.61. The van der Waals surface area contributed by atoms with E-state index in [1.807, 2.05) is 6.92 Å². The standard InChI is InChI=1S/C10H9Cl2N5O/c1-2-17-15-10(14-16-17)13-9(18)7-4-3-6(11)5-8(7)12/h3-5H,2H2,1H3,(H,13,15,18). The van der Waals surface area contributed by atoms with E-state index in [0.29, 0.717) is 17.1 Å².